The van der Waals surface area contributed by atoms with Crippen LogP contribution in [0.2, 0.25) is 5.02 Å². The average Bonchev–Trinajstić information content (AvgIpc) is 3.25. The molecule has 1 aromatic carbocycles. The van der Waals surface area contributed by atoms with Crippen molar-refractivity contribution in [3.8, 4) is 0 Å². The Labute approximate surface area is 156 Å². The Hall–Kier alpha value is -1.53. The fourth-order valence-corrected chi connectivity index (χ4v) is 3.93. The van der Waals surface area contributed by atoms with Crippen molar-refractivity contribution in [3.05, 3.63) is 40.4 Å². The highest BCUT2D eigenvalue weighted by Gasteiger charge is 2.33. The summed E-state index contributed by atoms with van der Waals surface area (Å²) in [6.07, 6.45) is 2.65. The molecule has 0 bridgehead atoms. The third-order valence-corrected chi connectivity index (χ3v) is 5.37. The Kier molecular flexibility index (Phi) is 5.92. The highest BCUT2D eigenvalue weighted by atomic mass is 35.5. The molecule has 1 aromatic rings. The molecule has 0 spiro atoms. The normalized spacial score (nSPS) is 21.8. The molecule has 7 heteroatoms. The summed E-state index contributed by atoms with van der Waals surface area (Å²) in [5, 5.41) is -0.341. The van der Waals surface area contributed by atoms with Crippen LogP contribution in [-0.2, 0) is 11.0 Å². The number of alkyl halides is 3. The first-order valence-electron chi connectivity index (χ1n) is 8.92. The van der Waals surface area contributed by atoms with Crippen LogP contribution in [0.1, 0.15) is 36.8 Å². The first-order valence-corrected chi connectivity index (χ1v) is 9.30. The van der Waals surface area contributed by atoms with E-state index in [0.29, 0.717) is 12.1 Å². The highest BCUT2D eigenvalue weighted by molar-refractivity contribution is 6.31. The molecule has 2 heterocycles. The fourth-order valence-electron chi connectivity index (χ4n) is 3.71. The summed E-state index contributed by atoms with van der Waals surface area (Å²) in [7, 11) is 0. The SMILES string of the molecule is O=C(/C=C/c1ccc(Cl)c(C(F)(F)F)c1)N1CCCC1CN1CCCC1. The largest absolute Gasteiger partial charge is 0.417 e. The van der Waals surface area contributed by atoms with Crippen LogP contribution in [0.15, 0.2) is 24.3 Å². The van der Waals surface area contributed by atoms with Gasteiger partial charge >= 0.3 is 6.18 Å². The topological polar surface area (TPSA) is 23.6 Å². The lowest BCUT2D eigenvalue weighted by molar-refractivity contribution is -0.137. The van der Waals surface area contributed by atoms with E-state index in [9.17, 15) is 18.0 Å². The Bertz CT molecular complexity index is 684. The Morgan fingerprint density at radius 1 is 1.19 bits per heavy atom. The number of hydrogen-bond acceptors (Lipinski definition) is 2. The molecular formula is C19H22ClF3N2O. The number of benzene rings is 1. The molecule has 26 heavy (non-hydrogen) atoms. The lowest BCUT2D eigenvalue weighted by Crippen LogP contribution is -2.41. The predicted octanol–water partition coefficient (Wildman–Crippen LogP) is 4.46. The molecule has 0 aliphatic carbocycles. The molecule has 1 atom stereocenters. The predicted molar refractivity (Wildman–Crippen MR) is 95.9 cm³/mol. The monoisotopic (exact) mass is 386 g/mol. The van der Waals surface area contributed by atoms with Gasteiger partial charge in [-0.15, -0.1) is 0 Å². The van der Waals surface area contributed by atoms with Gasteiger partial charge in [-0.05, 0) is 62.5 Å². The van der Waals surface area contributed by atoms with E-state index >= 15 is 0 Å². The average molecular weight is 387 g/mol. The summed E-state index contributed by atoms with van der Waals surface area (Å²) >= 11 is 5.62. The van der Waals surface area contributed by atoms with E-state index < -0.39 is 11.7 Å². The molecule has 0 saturated carbocycles. The molecule has 1 unspecified atom stereocenters. The first-order chi connectivity index (χ1) is 12.3. The molecule has 142 valence electrons. The third-order valence-electron chi connectivity index (χ3n) is 5.04. The standard InChI is InChI=1S/C19H22ClF3N2O/c20-17-7-5-14(12-16(17)19(21,22)23)6-8-18(26)25-11-3-4-15(25)13-24-9-1-2-10-24/h5-8,12,15H,1-4,9-11,13H2/b8-6+. The van der Waals surface area contributed by atoms with Gasteiger partial charge in [-0.1, -0.05) is 17.7 Å². The van der Waals surface area contributed by atoms with Crippen LogP contribution < -0.4 is 0 Å². The van der Waals surface area contributed by atoms with Gasteiger partial charge in [-0.2, -0.15) is 13.2 Å². The molecular weight excluding hydrogens is 365 g/mol. The number of rotatable bonds is 4. The smallest absolute Gasteiger partial charge is 0.335 e. The lowest BCUT2D eigenvalue weighted by atomic mass is 10.1. The molecule has 2 aliphatic rings. The summed E-state index contributed by atoms with van der Waals surface area (Å²) in [4.78, 5) is 16.8. The summed E-state index contributed by atoms with van der Waals surface area (Å²) < 4.78 is 38.8. The second kappa shape index (κ2) is 8.01. The van der Waals surface area contributed by atoms with Gasteiger partial charge in [0.2, 0.25) is 5.91 Å². The van der Waals surface area contributed by atoms with Crippen molar-refractivity contribution in [1.82, 2.24) is 9.80 Å². The van der Waals surface area contributed by atoms with E-state index in [1.54, 1.807) is 0 Å². The minimum Gasteiger partial charge on any atom is -0.335 e. The van der Waals surface area contributed by atoms with E-state index in [1.165, 1.54) is 37.1 Å². The zero-order valence-electron chi connectivity index (χ0n) is 14.4. The van der Waals surface area contributed by atoms with Crippen molar-refractivity contribution in [2.24, 2.45) is 0 Å². The number of carbonyl (C=O) groups excluding carboxylic acids is 1. The first kappa shape index (κ1) is 19.2. The molecule has 0 radical (unpaired) electrons. The van der Waals surface area contributed by atoms with Gasteiger partial charge in [0.05, 0.1) is 10.6 Å². The number of halogens is 4. The van der Waals surface area contributed by atoms with Crippen molar-refractivity contribution in [2.75, 3.05) is 26.2 Å². The molecule has 2 aliphatic heterocycles. The molecule has 0 aromatic heterocycles. The third kappa shape index (κ3) is 4.60. The van der Waals surface area contributed by atoms with Crippen LogP contribution in [0.25, 0.3) is 6.08 Å². The van der Waals surface area contributed by atoms with Crippen LogP contribution in [0.3, 0.4) is 0 Å². The van der Waals surface area contributed by atoms with Crippen LogP contribution in [0, 0.1) is 0 Å². The second-order valence-electron chi connectivity index (χ2n) is 6.91. The van der Waals surface area contributed by atoms with Crippen LogP contribution >= 0.6 is 11.6 Å². The van der Waals surface area contributed by atoms with E-state index in [-0.39, 0.29) is 17.0 Å². The number of carbonyl (C=O) groups is 1. The molecule has 3 nitrogen and oxygen atoms in total. The summed E-state index contributed by atoms with van der Waals surface area (Å²) in [6, 6.07) is 3.85. The van der Waals surface area contributed by atoms with Crippen molar-refractivity contribution < 1.29 is 18.0 Å². The van der Waals surface area contributed by atoms with Crippen LogP contribution in [0.4, 0.5) is 13.2 Å². The Morgan fingerprint density at radius 2 is 1.92 bits per heavy atom. The quantitative estimate of drug-likeness (QED) is 0.713. The van der Waals surface area contributed by atoms with Gasteiger partial charge in [-0.25, -0.2) is 0 Å². The number of likely N-dealkylation sites (tertiary alicyclic amines) is 2. The van der Waals surface area contributed by atoms with E-state index in [4.69, 9.17) is 11.6 Å². The van der Waals surface area contributed by atoms with Gasteiger partial charge in [0.15, 0.2) is 0 Å². The minimum atomic E-state index is -4.51. The van der Waals surface area contributed by atoms with Gasteiger partial charge in [-0.3, -0.25) is 4.79 Å². The second-order valence-corrected chi connectivity index (χ2v) is 7.31. The van der Waals surface area contributed by atoms with Crippen molar-refractivity contribution in [2.45, 2.75) is 37.9 Å². The van der Waals surface area contributed by atoms with Crippen molar-refractivity contribution in [1.29, 1.82) is 0 Å². The number of hydrogen-bond donors (Lipinski definition) is 0. The van der Waals surface area contributed by atoms with E-state index in [0.717, 1.165) is 38.5 Å². The summed E-state index contributed by atoms with van der Waals surface area (Å²) in [5.74, 6) is -0.143. The van der Waals surface area contributed by atoms with Gasteiger partial charge in [0.25, 0.3) is 0 Å². The number of amides is 1. The van der Waals surface area contributed by atoms with Crippen molar-refractivity contribution in [3.63, 3.8) is 0 Å². The maximum atomic E-state index is 12.9. The maximum Gasteiger partial charge on any atom is 0.417 e. The Balaban J connectivity index is 1.67. The molecule has 0 N–H and O–H groups in total. The van der Waals surface area contributed by atoms with Crippen LogP contribution in [0.5, 0.6) is 0 Å². The van der Waals surface area contributed by atoms with Gasteiger partial charge < -0.3 is 9.80 Å². The van der Waals surface area contributed by atoms with E-state index in [1.807, 2.05) is 4.90 Å². The van der Waals surface area contributed by atoms with Crippen molar-refractivity contribution >= 4 is 23.6 Å². The zero-order valence-corrected chi connectivity index (χ0v) is 15.2. The fraction of sp³-hybridized carbons (Fsp3) is 0.526. The maximum absolute atomic E-state index is 12.9. The van der Waals surface area contributed by atoms with Gasteiger partial charge in [0.1, 0.15) is 0 Å². The molecule has 1 amide bonds. The van der Waals surface area contributed by atoms with Gasteiger partial charge in [0, 0.05) is 25.2 Å². The lowest BCUT2D eigenvalue weighted by Gasteiger charge is -2.27. The molecule has 2 fully saturated rings. The number of nitrogens with zero attached hydrogens (tertiary/aromatic N) is 2. The highest BCUT2D eigenvalue weighted by Crippen LogP contribution is 2.35. The summed E-state index contributed by atoms with van der Waals surface area (Å²) in [6.45, 7) is 3.76. The molecule has 3 rings (SSSR count). The Morgan fingerprint density at radius 3 is 2.62 bits per heavy atom. The zero-order chi connectivity index (χ0) is 18.7. The van der Waals surface area contributed by atoms with E-state index in [2.05, 4.69) is 4.90 Å². The van der Waals surface area contributed by atoms with Crippen LogP contribution in [-0.4, -0.2) is 47.9 Å². The summed E-state index contributed by atoms with van der Waals surface area (Å²) in [5.41, 5.74) is -0.577. The molecule has 2 saturated heterocycles. The minimum absolute atomic E-state index is 0.143.